The Morgan fingerprint density at radius 2 is 2.32 bits per heavy atom. The summed E-state index contributed by atoms with van der Waals surface area (Å²) in [6, 6.07) is 4.25. The molecule has 1 aromatic carbocycles. The number of amides is 1. The van der Waals surface area contributed by atoms with Crippen LogP contribution in [0.5, 0.6) is 5.75 Å². The highest BCUT2D eigenvalue weighted by molar-refractivity contribution is 7.07. The molecule has 1 amide bonds. The van der Waals surface area contributed by atoms with Gasteiger partial charge in [0.15, 0.2) is 11.6 Å². The van der Waals surface area contributed by atoms with Crippen LogP contribution in [0.4, 0.5) is 4.39 Å². The maximum absolute atomic E-state index is 13.6. The molecule has 100 valence electrons. The molecule has 0 unspecified atom stereocenters. The Balaban J connectivity index is 2.09. The first-order valence-electron chi connectivity index (χ1n) is 5.53. The van der Waals surface area contributed by atoms with E-state index >= 15 is 0 Å². The SMILES string of the molecule is COc1ccc([C@H](C)NC(=O)c2cnns2)cc1F. The number of aromatic nitrogens is 2. The number of methoxy groups -OCH3 is 1. The third kappa shape index (κ3) is 3.05. The standard InChI is InChI=1S/C12H12FN3O2S/c1-7(15-12(17)11-6-14-16-19-11)8-3-4-10(18-2)9(13)5-8/h3-7H,1-2H3,(H,15,17)/t7-/m0/s1. The van der Waals surface area contributed by atoms with E-state index in [1.165, 1.54) is 25.4 Å². The van der Waals surface area contributed by atoms with Crippen LogP contribution in [-0.4, -0.2) is 22.6 Å². The summed E-state index contributed by atoms with van der Waals surface area (Å²) >= 11 is 1.01. The van der Waals surface area contributed by atoms with Gasteiger partial charge in [-0.25, -0.2) is 4.39 Å². The summed E-state index contributed by atoms with van der Waals surface area (Å²) in [5.41, 5.74) is 0.657. The fourth-order valence-corrected chi connectivity index (χ4v) is 1.99. The second-order valence-electron chi connectivity index (χ2n) is 3.87. The van der Waals surface area contributed by atoms with Crippen molar-refractivity contribution in [3.05, 3.63) is 40.7 Å². The van der Waals surface area contributed by atoms with Crippen LogP contribution >= 0.6 is 11.5 Å². The predicted octanol–water partition coefficient (Wildman–Crippen LogP) is 2.18. The average Bonchev–Trinajstić information content (AvgIpc) is 2.92. The molecule has 7 heteroatoms. The fourth-order valence-electron chi connectivity index (χ4n) is 1.57. The molecule has 1 aromatic heterocycles. The van der Waals surface area contributed by atoms with Gasteiger partial charge < -0.3 is 10.1 Å². The quantitative estimate of drug-likeness (QED) is 0.933. The van der Waals surface area contributed by atoms with E-state index in [-0.39, 0.29) is 17.7 Å². The van der Waals surface area contributed by atoms with Gasteiger partial charge in [-0.1, -0.05) is 10.6 Å². The molecule has 0 aliphatic carbocycles. The summed E-state index contributed by atoms with van der Waals surface area (Å²) in [6.45, 7) is 1.77. The van der Waals surface area contributed by atoms with Crippen molar-refractivity contribution < 1.29 is 13.9 Å². The zero-order valence-corrected chi connectivity index (χ0v) is 11.2. The van der Waals surface area contributed by atoms with E-state index < -0.39 is 5.82 Å². The monoisotopic (exact) mass is 281 g/mol. The normalized spacial score (nSPS) is 11.9. The van der Waals surface area contributed by atoms with Crippen LogP contribution in [0.2, 0.25) is 0 Å². The van der Waals surface area contributed by atoms with Crippen LogP contribution in [0, 0.1) is 5.82 Å². The number of carbonyl (C=O) groups excluding carboxylic acids is 1. The van der Waals surface area contributed by atoms with Gasteiger partial charge in [0.1, 0.15) is 4.88 Å². The van der Waals surface area contributed by atoms with Gasteiger partial charge in [0, 0.05) is 0 Å². The molecule has 1 atom stereocenters. The highest BCUT2D eigenvalue weighted by Gasteiger charge is 2.14. The molecule has 0 saturated heterocycles. The molecule has 0 bridgehead atoms. The Morgan fingerprint density at radius 3 is 2.89 bits per heavy atom. The summed E-state index contributed by atoms with van der Waals surface area (Å²) in [7, 11) is 1.40. The molecule has 1 heterocycles. The minimum absolute atomic E-state index is 0.175. The van der Waals surface area contributed by atoms with Crippen molar-refractivity contribution in [2.45, 2.75) is 13.0 Å². The minimum atomic E-state index is -0.458. The van der Waals surface area contributed by atoms with E-state index in [9.17, 15) is 9.18 Å². The van der Waals surface area contributed by atoms with Gasteiger partial charge in [-0.15, -0.1) is 5.10 Å². The summed E-state index contributed by atoms with van der Waals surface area (Å²) < 4.78 is 22.0. The van der Waals surface area contributed by atoms with Crippen LogP contribution < -0.4 is 10.1 Å². The largest absolute Gasteiger partial charge is 0.494 e. The Hall–Kier alpha value is -2.02. The van der Waals surface area contributed by atoms with Gasteiger partial charge in [0.2, 0.25) is 0 Å². The smallest absolute Gasteiger partial charge is 0.265 e. The third-order valence-electron chi connectivity index (χ3n) is 2.61. The number of carbonyl (C=O) groups is 1. The number of halogens is 1. The number of nitrogens with one attached hydrogen (secondary N) is 1. The third-order valence-corrected chi connectivity index (χ3v) is 3.27. The van der Waals surface area contributed by atoms with Crippen molar-refractivity contribution in [3.63, 3.8) is 0 Å². The molecule has 19 heavy (non-hydrogen) atoms. The lowest BCUT2D eigenvalue weighted by Crippen LogP contribution is -2.26. The molecule has 1 N–H and O–H groups in total. The Bertz CT molecular complexity index is 574. The lowest BCUT2D eigenvalue weighted by atomic mass is 10.1. The molecule has 0 aliphatic heterocycles. The molecule has 0 fully saturated rings. The van der Waals surface area contributed by atoms with Gasteiger partial charge in [-0.3, -0.25) is 4.79 Å². The van der Waals surface area contributed by atoms with Crippen molar-refractivity contribution in [1.82, 2.24) is 14.9 Å². The first-order chi connectivity index (χ1) is 9.11. The highest BCUT2D eigenvalue weighted by atomic mass is 32.1. The molecule has 0 radical (unpaired) electrons. The van der Waals surface area contributed by atoms with E-state index in [0.29, 0.717) is 10.4 Å². The molecule has 2 rings (SSSR count). The summed E-state index contributed by atoms with van der Waals surface area (Å²) in [5, 5.41) is 6.34. The number of hydrogen-bond acceptors (Lipinski definition) is 5. The van der Waals surface area contributed by atoms with E-state index in [1.807, 2.05) is 0 Å². The second-order valence-corrected chi connectivity index (χ2v) is 4.66. The van der Waals surface area contributed by atoms with Crippen molar-refractivity contribution in [1.29, 1.82) is 0 Å². The number of nitrogens with zero attached hydrogens (tertiary/aromatic N) is 2. The maximum atomic E-state index is 13.6. The Labute approximate surface area is 113 Å². The highest BCUT2D eigenvalue weighted by Crippen LogP contribution is 2.22. The zero-order chi connectivity index (χ0) is 13.8. The number of ether oxygens (including phenoxy) is 1. The van der Waals surface area contributed by atoms with Gasteiger partial charge in [0.05, 0.1) is 19.3 Å². The number of benzene rings is 1. The zero-order valence-electron chi connectivity index (χ0n) is 10.4. The lowest BCUT2D eigenvalue weighted by molar-refractivity contribution is 0.0943. The van der Waals surface area contributed by atoms with Crippen molar-refractivity contribution in [2.75, 3.05) is 7.11 Å². The van der Waals surface area contributed by atoms with Crippen LogP contribution in [0.15, 0.2) is 24.4 Å². The first-order valence-corrected chi connectivity index (χ1v) is 6.31. The van der Waals surface area contributed by atoms with Gasteiger partial charge >= 0.3 is 0 Å². The van der Waals surface area contributed by atoms with E-state index in [4.69, 9.17) is 4.74 Å². The predicted molar refractivity (Wildman–Crippen MR) is 68.7 cm³/mol. The van der Waals surface area contributed by atoms with Crippen LogP contribution in [0.1, 0.15) is 28.2 Å². The average molecular weight is 281 g/mol. The summed E-state index contributed by atoms with van der Waals surface area (Å²) in [6.07, 6.45) is 1.39. The number of rotatable bonds is 4. The lowest BCUT2D eigenvalue weighted by Gasteiger charge is -2.14. The topological polar surface area (TPSA) is 64.1 Å². The Kier molecular flexibility index (Phi) is 4.06. The molecular weight excluding hydrogens is 269 g/mol. The van der Waals surface area contributed by atoms with E-state index in [1.54, 1.807) is 13.0 Å². The Morgan fingerprint density at radius 1 is 1.53 bits per heavy atom. The molecule has 5 nitrogen and oxygen atoms in total. The van der Waals surface area contributed by atoms with Crippen molar-refractivity contribution in [2.24, 2.45) is 0 Å². The van der Waals surface area contributed by atoms with Crippen LogP contribution in [0.25, 0.3) is 0 Å². The fraction of sp³-hybridized carbons (Fsp3) is 0.250. The minimum Gasteiger partial charge on any atom is -0.494 e. The van der Waals surface area contributed by atoms with Crippen molar-refractivity contribution >= 4 is 17.4 Å². The summed E-state index contributed by atoms with van der Waals surface area (Å²) in [4.78, 5) is 12.2. The van der Waals surface area contributed by atoms with Crippen LogP contribution in [-0.2, 0) is 0 Å². The molecule has 0 saturated carbocycles. The maximum Gasteiger partial charge on any atom is 0.265 e. The van der Waals surface area contributed by atoms with Crippen LogP contribution in [0.3, 0.4) is 0 Å². The molecule has 2 aromatic rings. The van der Waals surface area contributed by atoms with Gasteiger partial charge in [-0.2, -0.15) is 0 Å². The van der Waals surface area contributed by atoms with E-state index in [0.717, 1.165) is 11.5 Å². The first kappa shape index (κ1) is 13.4. The van der Waals surface area contributed by atoms with Gasteiger partial charge in [-0.05, 0) is 36.2 Å². The second kappa shape index (κ2) is 5.75. The van der Waals surface area contributed by atoms with Gasteiger partial charge in [0.25, 0.3) is 5.91 Å². The summed E-state index contributed by atoms with van der Waals surface area (Å²) in [5.74, 6) is -0.562. The molecule has 0 spiro atoms. The number of hydrogen-bond donors (Lipinski definition) is 1. The molecular formula is C12H12FN3O2S. The van der Waals surface area contributed by atoms with E-state index in [2.05, 4.69) is 14.9 Å². The molecule has 0 aliphatic rings. The van der Waals surface area contributed by atoms with Crippen molar-refractivity contribution in [3.8, 4) is 5.75 Å².